The van der Waals surface area contributed by atoms with Gasteiger partial charge in [-0.05, 0) is 31.0 Å². The molecule has 0 saturated heterocycles. The third-order valence-corrected chi connectivity index (χ3v) is 3.13. The molecule has 0 aliphatic heterocycles. The molecule has 2 aromatic rings. The van der Waals surface area contributed by atoms with Crippen molar-refractivity contribution in [3.05, 3.63) is 46.2 Å². The Morgan fingerprint density at radius 3 is 2.32 bits per heavy atom. The van der Waals surface area contributed by atoms with Gasteiger partial charge in [0.15, 0.2) is 17.5 Å². The minimum atomic E-state index is -0.928. The quantitative estimate of drug-likeness (QED) is 0.758. The Morgan fingerprint density at radius 2 is 1.79 bits per heavy atom. The highest BCUT2D eigenvalue weighted by Crippen LogP contribution is 2.28. The van der Waals surface area contributed by atoms with Crippen LogP contribution in [0.4, 0.5) is 8.78 Å². The van der Waals surface area contributed by atoms with Gasteiger partial charge in [0, 0.05) is 16.8 Å². The van der Waals surface area contributed by atoms with E-state index >= 15 is 0 Å². The van der Waals surface area contributed by atoms with Gasteiger partial charge in [0.05, 0.1) is 0 Å². The molecule has 0 unspecified atom stereocenters. The second-order valence-electron chi connectivity index (χ2n) is 4.62. The molecule has 5 heteroatoms. The maximum absolute atomic E-state index is 13.2. The van der Waals surface area contributed by atoms with E-state index in [1.165, 1.54) is 6.07 Å². The van der Waals surface area contributed by atoms with Crippen molar-refractivity contribution in [1.29, 1.82) is 0 Å². The number of aromatic nitrogens is 2. The first-order valence-electron chi connectivity index (χ1n) is 5.89. The van der Waals surface area contributed by atoms with Crippen LogP contribution in [0.25, 0.3) is 11.4 Å². The molecular formula is C14H13ClF2N2. The van der Waals surface area contributed by atoms with Gasteiger partial charge in [-0.25, -0.2) is 18.7 Å². The monoisotopic (exact) mass is 282 g/mol. The van der Waals surface area contributed by atoms with E-state index in [2.05, 4.69) is 9.97 Å². The SMILES string of the molecule is Cc1nc(-c2ccc(F)c(F)c2)nc(Cl)c1C(C)C. The van der Waals surface area contributed by atoms with Crippen LogP contribution in [0, 0.1) is 18.6 Å². The molecule has 0 spiro atoms. The summed E-state index contributed by atoms with van der Waals surface area (Å²) in [5, 5.41) is 0.349. The Balaban J connectivity index is 2.55. The van der Waals surface area contributed by atoms with Crippen molar-refractivity contribution in [2.75, 3.05) is 0 Å². The van der Waals surface area contributed by atoms with Crippen molar-refractivity contribution in [2.45, 2.75) is 26.7 Å². The summed E-state index contributed by atoms with van der Waals surface area (Å²) in [5.41, 5.74) is 2.02. The van der Waals surface area contributed by atoms with E-state index in [1.54, 1.807) is 0 Å². The lowest BCUT2D eigenvalue weighted by Crippen LogP contribution is -2.02. The van der Waals surface area contributed by atoms with Gasteiger partial charge in [-0.3, -0.25) is 0 Å². The summed E-state index contributed by atoms with van der Waals surface area (Å²) >= 11 is 6.13. The zero-order valence-electron chi connectivity index (χ0n) is 10.8. The van der Waals surface area contributed by atoms with Crippen LogP contribution in [0.1, 0.15) is 31.0 Å². The minimum Gasteiger partial charge on any atom is -0.233 e. The van der Waals surface area contributed by atoms with Gasteiger partial charge < -0.3 is 0 Å². The molecule has 0 bridgehead atoms. The lowest BCUT2D eigenvalue weighted by atomic mass is 10.0. The lowest BCUT2D eigenvalue weighted by Gasteiger charge is -2.12. The molecule has 0 amide bonds. The van der Waals surface area contributed by atoms with Crippen LogP contribution in [-0.2, 0) is 0 Å². The van der Waals surface area contributed by atoms with E-state index in [0.717, 1.165) is 23.4 Å². The van der Waals surface area contributed by atoms with Gasteiger partial charge >= 0.3 is 0 Å². The molecule has 2 nitrogen and oxygen atoms in total. The number of benzene rings is 1. The number of rotatable bonds is 2. The molecular weight excluding hydrogens is 270 g/mol. The molecule has 0 aliphatic rings. The highest BCUT2D eigenvalue weighted by atomic mass is 35.5. The fraction of sp³-hybridized carbons (Fsp3) is 0.286. The lowest BCUT2D eigenvalue weighted by molar-refractivity contribution is 0.509. The Morgan fingerprint density at radius 1 is 1.11 bits per heavy atom. The normalized spacial score (nSPS) is 11.1. The topological polar surface area (TPSA) is 25.8 Å². The highest BCUT2D eigenvalue weighted by Gasteiger charge is 2.15. The molecule has 100 valence electrons. The smallest absolute Gasteiger partial charge is 0.161 e. The van der Waals surface area contributed by atoms with Crippen LogP contribution < -0.4 is 0 Å². The summed E-state index contributed by atoms with van der Waals surface area (Å²) in [5.74, 6) is -1.33. The predicted molar refractivity (Wildman–Crippen MR) is 71.2 cm³/mol. The molecule has 1 aromatic carbocycles. The standard InChI is InChI=1S/C14H13ClF2N2/c1-7(2)12-8(3)18-14(19-13(12)15)9-4-5-10(16)11(17)6-9/h4-7H,1-3H3. The number of hydrogen-bond donors (Lipinski definition) is 0. The van der Waals surface area contributed by atoms with Gasteiger partial charge in [0.25, 0.3) is 0 Å². The molecule has 0 aliphatic carbocycles. The van der Waals surface area contributed by atoms with E-state index in [4.69, 9.17) is 11.6 Å². The maximum atomic E-state index is 13.2. The van der Waals surface area contributed by atoms with Gasteiger partial charge in [-0.2, -0.15) is 0 Å². The molecule has 2 rings (SSSR count). The Kier molecular flexibility index (Phi) is 3.80. The van der Waals surface area contributed by atoms with Crippen molar-refractivity contribution in [3.8, 4) is 11.4 Å². The summed E-state index contributed by atoms with van der Waals surface area (Å²) < 4.78 is 26.1. The number of nitrogens with zero attached hydrogens (tertiary/aromatic N) is 2. The molecule has 19 heavy (non-hydrogen) atoms. The Labute approximate surface area is 115 Å². The first-order chi connectivity index (χ1) is 8.90. The summed E-state index contributed by atoms with van der Waals surface area (Å²) in [7, 11) is 0. The van der Waals surface area contributed by atoms with Gasteiger partial charge in [-0.15, -0.1) is 0 Å². The number of aryl methyl sites for hydroxylation is 1. The van der Waals surface area contributed by atoms with Crippen LogP contribution in [0.2, 0.25) is 5.15 Å². The van der Waals surface area contributed by atoms with Crippen molar-refractivity contribution in [3.63, 3.8) is 0 Å². The molecule has 1 aromatic heterocycles. The van der Waals surface area contributed by atoms with Crippen molar-refractivity contribution < 1.29 is 8.78 Å². The van der Waals surface area contributed by atoms with Crippen molar-refractivity contribution >= 4 is 11.6 Å². The van der Waals surface area contributed by atoms with E-state index < -0.39 is 11.6 Å². The van der Waals surface area contributed by atoms with Crippen LogP contribution in [0.15, 0.2) is 18.2 Å². The van der Waals surface area contributed by atoms with Crippen molar-refractivity contribution in [1.82, 2.24) is 9.97 Å². The van der Waals surface area contributed by atoms with E-state index in [9.17, 15) is 8.78 Å². The van der Waals surface area contributed by atoms with Gasteiger partial charge in [0.1, 0.15) is 5.15 Å². The molecule has 0 saturated carbocycles. The average molecular weight is 283 g/mol. The highest BCUT2D eigenvalue weighted by molar-refractivity contribution is 6.30. The van der Waals surface area contributed by atoms with Gasteiger partial charge in [-0.1, -0.05) is 25.4 Å². The fourth-order valence-corrected chi connectivity index (χ4v) is 2.40. The molecule has 0 fully saturated rings. The number of halogens is 3. The summed E-state index contributed by atoms with van der Waals surface area (Å²) in [6.45, 7) is 5.82. The van der Waals surface area contributed by atoms with Crippen molar-refractivity contribution in [2.24, 2.45) is 0 Å². The van der Waals surface area contributed by atoms with Crippen LogP contribution in [0.3, 0.4) is 0 Å². The fourth-order valence-electron chi connectivity index (χ4n) is 1.97. The first kappa shape index (κ1) is 13.9. The molecule has 0 N–H and O–H groups in total. The Hall–Kier alpha value is -1.55. The number of hydrogen-bond acceptors (Lipinski definition) is 2. The van der Waals surface area contributed by atoms with Crippen LogP contribution in [0.5, 0.6) is 0 Å². The minimum absolute atomic E-state index is 0.200. The first-order valence-corrected chi connectivity index (χ1v) is 6.27. The molecule has 0 radical (unpaired) electrons. The molecule has 1 heterocycles. The average Bonchev–Trinajstić information content (AvgIpc) is 2.31. The molecule has 0 atom stereocenters. The van der Waals surface area contributed by atoms with E-state index in [0.29, 0.717) is 16.5 Å². The maximum Gasteiger partial charge on any atom is 0.161 e. The van der Waals surface area contributed by atoms with Crippen LogP contribution >= 0.6 is 11.6 Å². The summed E-state index contributed by atoms with van der Waals surface area (Å²) in [4.78, 5) is 8.47. The van der Waals surface area contributed by atoms with E-state index in [1.807, 2.05) is 20.8 Å². The second kappa shape index (κ2) is 5.21. The summed E-state index contributed by atoms with van der Waals surface area (Å²) in [6.07, 6.45) is 0. The van der Waals surface area contributed by atoms with Crippen LogP contribution in [-0.4, -0.2) is 9.97 Å². The third kappa shape index (κ3) is 2.73. The predicted octanol–water partition coefficient (Wildman–Crippen LogP) is 4.51. The van der Waals surface area contributed by atoms with Gasteiger partial charge in [0.2, 0.25) is 0 Å². The summed E-state index contributed by atoms with van der Waals surface area (Å²) in [6, 6.07) is 3.54. The third-order valence-electron chi connectivity index (χ3n) is 2.84. The zero-order chi connectivity index (χ0) is 14.2. The zero-order valence-corrected chi connectivity index (χ0v) is 11.6. The largest absolute Gasteiger partial charge is 0.233 e. The second-order valence-corrected chi connectivity index (χ2v) is 4.98. The Bertz CT molecular complexity index is 604. The van der Waals surface area contributed by atoms with E-state index in [-0.39, 0.29) is 5.92 Å².